The zero-order valence-corrected chi connectivity index (χ0v) is 12.2. The van der Waals surface area contributed by atoms with Crippen molar-refractivity contribution < 1.29 is 4.79 Å². The van der Waals surface area contributed by atoms with Gasteiger partial charge in [0.15, 0.2) is 0 Å². The van der Waals surface area contributed by atoms with Crippen molar-refractivity contribution in [3.8, 4) is 6.07 Å². The first-order chi connectivity index (χ1) is 10.3. The molecule has 1 amide bonds. The summed E-state index contributed by atoms with van der Waals surface area (Å²) in [4.78, 5) is 14.4. The summed E-state index contributed by atoms with van der Waals surface area (Å²) in [6, 6.07) is 9.94. The fourth-order valence-corrected chi connectivity index (χ4v) is 3.39. The van der Waals surface area contributed by atoms with Crippen LogP contribution >= 0.6 is 0 Å². The van der Waals surface area contributed by atoms with Crippen LogP contribution in [0.5, 0.6) is 0 Å². The largest absolute Gasteiger partial charge is 0.380 e. The molecule has 4 nitrogen and oxygen atoms in total. The average molecular weight is 283 g/mol. The Labute approximate surface area is 125 Å². The maximum absolute atomic E-state index is 12.4. The Bertz CT molecular complexity index is 540. The maximum Gasteiger partial charge on any atom is 0.225 e. The fraction of sp³-hybridized carbons (Fsp3) is 0.529. The molecular weight excluding hydrogens is 262 g/mol. The van der Waals surface area contributed by atoms with Gasteiger partial charge in [-0.3, -0.25) is 4.79 Å². The van der Waals surface area contributed by atoms with Gasteiger partial charge in [0.05, 0.1) is 11.6 Å². The van der Waals surface area contributed by atoms with Gasteiger partial charge in [-0.1, -0.05) is 12.8 Å². The van der Waals surface area contributed by atoms with Crippen molar-refractivity contribution in [2.45, 2.75) is 38.1 Å². The molecule has 1 aliphatic heterocycles. The highest BCUT2D eigenvalue weighted by molar-refractivity contribution is 5.79. The topological polar surface area (TPSA) is 56.1 Å². The first-order valence-corrected chi connectivity index (χ1v) is 7.82. The molecule has 1 aliphatic carbocycles. The third-order valence-electron chi connectivity index (χ3n) is 4.59. The van der Waals surface area contributed by atoms with Crippen molar-refractivity contribution in [1.29, 1.82) is 5.26 Å². The number of hydrogen-bond donors (Lipinski definition) is 1. The van der Waals surface area contributed by atoms with Gasteiger partial charge in [0.25, 0.3) is 0 Å². The summed E-state index contributed by atoms with van der Waals surface area (Å²) in [5.74, 6) is 0.635. The quantitative estimate of drug-likeness (QED) is 0.928. The number of nitrogens with one attached hydrogen (secondary N) is 1. The second kappa shape index (κ2) is 6.17. The molecular formula is C17H21N3O. The highest BCUT2D eigenvalue weighted by Crippen LogP contribution is 2.28. The Morgan fingerprint density at radius 3 is 2.57 bits per heavy atom. The monoisotopic (exact) mass is 283 g/mol. The number of anilines is 1. The molecule has 4 heteroatoms. The molecule has 1 N–H and O–H groups in total. The lowest BCUT2D eigenvalue weighted by molar-refractivity contribution is -0.134. The van der Waals surface area contributed by atoms with E-state index in [2.05, 4.69) is 11.4 Å². The van der Waals surface area contributed by atoms with Crippen molar-refractivity contribution in [2.24, 2.45) is 5.92 Å². The molecule has 1 unspecified atom stereocenters. The van der Waals surface area contributed by atoms with E-state index >= 15 is 0 Å². The summed E-state index contributed by atoms with van der Waals surface area (Å²) in [6.45, 7) is 1.67. The third kappa shape index (κ3) is 3.18. The van der Waals surface area contributed by atoms with Crippen LogP contribution in [0.3, 0.4) is 0 Å². The lowest BCUT2D eigenvalue weighted by Gasteiger charge is -2.21. The number of nitriles is 1. The van der Waals surface area contributed by atoms with Gasteiger partial charge in [0.2, 0.25) is 5.91 Å². The van der Waals surface area contributed by atoms with Crippen LogP contribution in [-0.2, 0) is 4.79 Å². The number of rotatable bonds is 3. The van der Waals surface area contributed by atoms with Crippen molar-refractivity contribution in [3.63, 3.8) is 0 Å². The summed E-state index contributed by atoms with van der Waals surface area (Å²) in [6.07, 6.45) is 5.55. The Morgan fingerprint density at radius 2 is 1.90 bits per heavy atom. The van der Waals surface area contributed by atoms with Crippen molar-refractivity contribution in [2.75, 3.05) is 18.4 Å². The predicted molar refractivity (Wildman–Crippen MR) is 81.7 cm³/mol. The molecule has 1 saturated heterocycles. The van der Waals surface area contributed by atoms with E-state index in [1.807, 2.05) is 29.2 Å². The van der Waals surface area contributed by atoms with Crippen molar-refractivity contribution in [3.05, 3.63) is 29.8 Å². The SMILES string of the molecule is N#Cc1ccc(NC2CCN(C(=O)C3CCCC3)C2)cc1. The second-order valence-corrected chi connectivity index (χ2v) is 6.08. The van der Waals surface area contributed by atoms with Crippen LogP contribution < -0.4 is 5.32 Å². The smallest absolute Gasteiger partial charge is 0.225 e. The Kier molecular flexibility index (Phi) is 4.10. The van der Waals surface area contributed by atoms with E-state index in [1.54, 1.807) is 0 Å². The molecule has 1 saturated carbocycles. The standard InChI is InChI=1S/C17H21N3O/c18-11-13-5-7-15(8-6-13)19-16-9-10-20(12-16)17(21)14-3-1-2-4-14/h5-8,14,16,19H,1-4,9-10,12H2. The molecule has 1 aromatic rings. The van der Waals surface area contributed by atoms with E-state index in [1.165, 1.54) is 12.8 Å². The van der Waals surface area contributed by atoms with E-state index in [-0.39, 0.29) is 5.92 Å². The summed E-state index contributed by atoms with van der Waals surface area (Å²) in [5, 5.41) is 12.3. The van der Waals surface area contributed by atoms with Crippen molar-refractivity contribution in [1.82, 2.24) is 4.90 Å². The van der Waals surface area contributed by atoms with Gasteiger partial charge >= 0.3 is 0 Å². The number of carbonyl (C=O) groups is 1. The lowest BCUT2D eigenvalue weighted by Crippen LogP contribution is -2.35. The van der Waals surface area contributed by atoms with Crippen LogP contribution in [0.15, 0.2) is 24.3 Å². The van der Waals surface area contributed by atoms with Crippen LogP contribution in [0.4, 0.5) is 5.69 Å². The maximum atomic E-state index is 12.4. The van der Waals surface area contributed by atoms with Crippen LogP contribution in [0.25, 0.3) is 0 Å². The summed E-state index contributed by atoms with van der Waals surface area (Å²) in [5.41, 5.74) is 1.69. The number of hydrogen-bond acceptors (Lipinski definition) is 3. The number of carbonyl (C=O) groups excluding carboxylic acids is 1. The molecule has 3 rings (SSSR count). The first-order valence-electron chi connectivity index (χ1n) is 7.82. The van der Waals surface area contributed by atoms with Gasteiger partial charge in [-0.2, -0.15) is 5.26 Å². The minimum Gasteiger partial charge on any atom is -0.380 e. The van der Waals surface area contributed by atoms with Gasteiger partial charge in [-0.05, 0) is 43.5 Å². The van der Waals surface area contributed by atoms with E-state index < -0.39 is 0 Å². The van der Waals surface area contributed by atoms with E-state index in [0.29, 0.717) is 17.5 Å². The molecule has 0 radical (unpaired) electrons. The molecule has 1 aromatic carbocycles. The third-order valence-corrected chi connectivity index (χ3v) is 4.59. The van der Waals surface area contributed by atoms with Crippen LogP contribution in [0.1, 0.15) is 37.7 Å². The number of likely N-dealkylation sites (tertiary alicyclic amines) is 1. The van der Waals surface area contributed by atoms with Crippen LogP contribution in [0, 0.1) is 17.2 Å². The van der Waals surface area contributed by atoms with E-state index in [0.717, 1.165) is 38.0 Å². The average Bonchev–Trinajstić information content (AvgIpc) is 3.19. The lowest BCUT2D eigenvalue weighted by atomic mass is 10.1. The summed E-state index contributed by atoms with van der Waals surface area (Å²) in [7, 11) is 0. The zero-order valence-electron chi connectivity index (χ0n) is 12.2. The van der Waals surface area contributed by atoms with Gasteiger partial charge in [0, 0.05) is 30.7 Å². The molecule has 0 aromatic heterocycles. The zero-order chi connectivity index (χ0) is 14.7. The van der Waals surface area contributed by atoms with Gasteiger partial charge in [0.1, 0.15) is 0 Å². The first kappa shape index (κ1) is 13.9. The highest BCUT2D eigenvalue weighted by Gasteiger charge is 2.32. The second-order valence-electron chi connectivity index (χ2n) is 6.08. The van der Waals surface area contributed by atoms with Crippen LogP contribution in [-0.4, -0.2) is 29.9 Å². The summed E-state index contributed by atoms with van der Waals surface area (Å²) >= 11 is 0. The molecule has 110 valence electrons. The number of nitrogens with zero attached hydrogens (tertiary/aromatic N) is 2. The summed E-state index contributed by atoms with van der Waals surface area (Å²) < 4.78 is 0. The van der Waals surface area contributed by atoms with Gasteiger partial charge in [-0.15, -0.1) is 0 Å². The minimum absolute atomic E-state index is 0.277. The highest BCUT2D eigenvalue weighted by atomic mass is 16.2. The molecule has 21 heavy (non-hydrogen) atoms. The molecule has 1 atom stereocenters. The molecule has 0 spiro atoms. The molecule has 2 fully saturated rings. The normalized spacial score (nSPS) is 22.2. The Morgan fingerprint density at radius 1 is 1.19 bits per heavy atom. The van der Waals surface area contributed by atoms with Crippen LogP contribution in [0.2, 0.25) is 0 Å². The minimum atomic E-state index is 0.277. The Balaban J connectivity index is 1.54. The molecule has 0 bridgehead atoms. The Hall–Kier alpha value is -2.02. The number of amides is 1. The number of benzene rings is 1. The van der Waals surface area contributed by atoms with Gasteiger partial charge < -0.3 is 10.2 Å². The van der Waals surface area contributed by atoms with Crippen molar-refractivity contribution >= 4 is 11.6 Å². The predicted octanol–water partition coefficient (Wildman–Crippen LogP) is 2.76. The van der Waals surface area contributed by atoms with Gasteiger partial charge in [-0.25, -0.2) is 0 Å². The van der Waals surface area contributed by atoms with E-state index in [4.69, 9.17) is 5.26 Å². The fourth-order valence-electron chi connectivity index (χ4n) is 3.39. The molecule has 1 heterocycles. The molecule has 2 aliphatic rings. The van der Waals surface area contributed by atoms with E-state index in [9.17, 15) is 4.79 Å².